The second-order valence-electron chi connectivity index (χ2n) is 5.42. The molecule has 0 atom stereocenters. The first-order chi connectivity index (χ1) is 9.19. The quantitative estimate of drug-likeness (QED) is 0.843. The lowest BCUT2D eigenvalue weighted by Gasteiger charge is -2.21. The average molecular weight is 285 g/mol. The van der Waals surface area contributed by atoms with Gasteiger partial charge in [0.05, 0.1) is 6.42 Å². The standard InChI is InChI=1S/C14H17F2NO3/c1-14(2,7-13(19)20)6-12(18)17-8-9-5-10(15)3-4-11(9)16/h3-5H,6-8H2,1-2H3,(H,17,18)(H,19,20). The van der Waals surface area contributed by atoms with Crippen LogP contribution in [0.2, 0.25) is 0 Å². The predicted molar refractivity (Wildman–Crippen MR) is 68.9 cm³/mol. The van der Waals surface area contributed by atoms with Gasteiger partial charge in [0.15, 0.2) is 0 Å². The van der Waals surface area contributed by atoms with Crippen LogP contribution in [0.4, 0.5) is 8.78 Å². The maximum atomic E-state index is 13.3. The zero-order valence-electron chi connectivity index (χ0n) is 11.4. The van der Waals surface area contributed by atoms with Gasteiger partial charge < -0.3 is 10.4 Å². The molecule has 2 N–H and O–H groups in total. The lowest BCUT2D eigenvalue weighted by atomic mass is 9.85. The number of hydrogen-bond acceptors (Lipinski definition) is 2. The van der Waals surface area contributed by atoms with Crippen LogP contribution in [0.5, 0.6) is 0 Å². The molecule has 1 aromatic rings. The molecule has 0 radical (unpaired) electrons. The van der Waals surface area contributed by atoms with Crippen LogP contribution in [-0.2, 0) is 16.1 Å². The summed E-state index contributed by atoms with van der Waals surface area (Å²) in [5.41, 5.74) is -0.648. The Kier molecular flexibility index (Phi) is 5.19. The number of halogens is 2. The number of nitrogens with one attached hydrogen (secondary N) is 1. The maximum absolute atomic E-state index is 13.3. The summed E-state index contributed by atoms with van der Waals surface area (Å²) in [5.74, 6) is -2.57. The van der Waals surface area contributed by atoms with Crippen molar-refractivity contribution in [2.45, 2.75) is 33.2 Å². The number of carboxylic acid groups (broad SMARTS) is 1. The molecule has 0 heterocycles. The van der Waals surface area contributed by atoms with E-state index in [0.717, 1.165) is 18.2 Å². The molecule has 1 amide bonds. The number of rotatable bonds is 6. The predicted octanol–water partition coefficient (Wildman–Crippen LogP) is 2.47. The second kappa shape index (κ2) is 6.45. The fourth-order valence-electron chi connectivity index (χ4n) is 1.84. The molecule has 1 aromatic carbocycles. The molecule has 0 saturated heterocycles. The molecule has 6 heteroatoms. The molecule has 1 rings (SSSR count). The number of carbonyl (C=O) groups is 2. The molecule has 0 spiro atoms. The molecule has 110 valence electrons. The monoisotopic (exact) mass is 285 g/mol. The first-order valence-electron chi connectivity index (χ1n) is 6.12. The Morgan fingerprint density at radius 1 is 1.25 bits per heavy atom. The smallest absolute Gasteiger partial charge is 0.303 e. The Bertz CT molecular complexity index is 515. The van der Waals surface area contributed by atoms with Crippen LogP contribution in [0.25, 0.3) is 0 Å². The first-order valence-corrected chi connectivity index (χ1v) is 6.12. The number of benzene rings is 1. The molecular weight excluding hydrogens is 268 g/mol. The van der Waals surface area contributed by atoms with Gasteiger partial charge >= 0.3 is 5.97 Å². The van der Waals surface area contributed by atoms with Crippen LogP contribution in [-0.4, -0.2) is 17.0 Å². The Hall–Kier alpha value is -1.98. The van der Waals surface area contributed by atoms with E-state index < -0.39 is 28.9 Å². The van der Waals surface area contributed by atoms with Gasteiger partial charge in [-0.15, -0.1) is 0 Å². The summed E-state index contributed by atoms with van der Waals surface area (Å²) < 4.78 is 26.3. The highest BCUT2D eigenvalue weighted by molar-refractivity contribution is 5.77. The van der Waals surface area contributed by atoms with Crippen molar-refractivity contribution >= 4 is 11.9 Å². The SMILES string of the molecule is CC(C)(CC(=O)O)CC(=O)NCc1cc(F)ccc1F. The van der Waals surface area contributed by atoms with Gasteiger partial charge in [0.1, 0.15) is 11.6 Å². The molecule has 0 aromatic heterocycles. The van der Waals surface area contributed by atoms with E-state index in [0.29, 0.717) is 0 Å². The lowest BCUT2D eigenvalue weighted by Crippen LogP contribution is -2.30. The third-order valence-electron chi connectivity index (χ3n) is 2.75. The highest BCUT2D eigenvalue weighted by atomic mass is 19.1. The molecule has 4 nitrogen and oxygen atoms in total. The Morgan fingerprint density at radius 2 is 1.90 bits per heavy atom. The Balaban J connectivity index is 2.55. The van der Waals surface area contributed by atoms with Crippen LogP contribution in [0.3, 0.4) is 0 Å². The third-order valence-corrected chi connectivity index (χ3v) is 2.75. The van der Waals surface area contributed by atoms with Gasteiger partial charge in [-0.25, -0.2) is 8.78 Å². The zero-order valence-corrected chi connectivity index (χ0v) is 11.4. The highest BCUT2D eigenvalue weighted by Gasteiger charge is 2.25. The minimum Gasteiger partial charge on any atom is -0.481 e. The number of carbonyl (C=O) groups excluding carboxylic acids is 1. The van der Waals surface area contributed by atoms with Crippen LogP contribution in [0.15, 0.2) is 18.2 Å². The third kappa shape index (κ3) is 5.34. The maximum Gasteiger partial charge on any atom is 0.303 e. The van der Waals surface area contributed by atoms with E-state index in [9.17, 15) is 18.4 Å². The van der Waals surface area contributed by atoms with Crippen molar-refractivity contribution in [1.82, 2.24) is 5.32 Å². The fraction of sp³-hybridized carbons (Fsp3) is 0.429. The van der Waals surface area contributed by atoms with Crippen molar-refractivity contribution in [3.05, 3.63) is 35.4 Å². The van der Waals surface area contributed by atoms with E-state index in [4.69, 9.17) is 5.11 Å². The van der Waals surface area contributed by atoms with E-state index in [2.05, 4.69) is 5.32 Å². The largest absolute Gasteiger partial charge is 0.481 e. The molecule has 0 saturated carbocycles. The number of hydrogen-bond donors (Lipinski definition) is 2. The molecule has 0 bridgehead atoms. The summed E-state index contributed by atoms with van der Waals surface area (Å²) in [4.78, 5) is 22.3. The van der Waals surface area contributed by atoms with E-state index in [-0.39, 0.29) is 24.9 Å². The van der Waals surface area contributed by atoms with Crippen molar-refractivity contribution in [2.75, 3.05) is 0 Å². The fourth-order valence-corrected chi connectivity index (χ4v) is 1.84. The topological polar surface area (TPSA) is 66.4 Å². The molecule has 20 heavy (non-hydrogen) atoms. The van der Waals surface area contributed by atoms with Gasteiger partial charge in [-0.05, 0) is 23.6 Å². The molecule has 0 aliphatic carbocycles. The van der Waals surface area contributed by atoms with Crippen LogP contribution in [0, 0.1) is 17.0 Å². The summed E-state index contributed by atoms with van der Waals surface area (Å²) in [6.07, 6.45) is -0.148. The van der Waals surface area contributed by atoms with Crippen LogP contribution >= 0.6 is 0 Å². The summed E-state index contributed by atoms with van der Waals surface area (Å²) in [6, 6.07) is 3.00. The van der Waals surface area contributed by atoms with Crippen LogP contribution < -0.4 is 5.32 Å². The second-order valence-corrected chi connectivity index (χ2v) is 5.42. The first kappa shape index (κ1) is 16.1. The minimum atomic E-state index is -0.987. The molecule has 0 fully saturated rings. The molecular formula is C14H17F2NO3. The van der Waals surface area contributed by atoms with Gasteiger partial charge in [-0.1, -0.05) is 13.8 Å². The number of carboxylic acids is 1. The summed E-state index contributed by atoms with van der Waals surface area (Å²) in [7, 11) is 0. The molecule has 0 aliphatic rings. The van der Waals surface area contributed by atoms with Gasteiger partial charge in [-0.3, -0.25) is 9.59 Å². The van der Waals surface area contributed by atoms with Gasteiger partial charge in [0.25, 0.3) is 0 Å². The number of amides is 1. The summed E-state index contributed by atoms with van der Waals surface area (Å²) in [5, 5.41) is 11.2. The van der Waals surface area contributed by atoms with Gasteiger partial charge in [0.2, 0.25) is 5.91 Å². The Labute approximate surface area is 115 Å². The van der Waals surface area contributed by atoms with Crippen molar-refractivity contribution < 1.29 is 23.5 Å². The zero-order chi connectivity index (χ0) is 15.3. The van der Waals surface area contributed by atoms with Gasteiger partial charge in [0, 0.05) is 18.5 Å². The van der Waals surface area contributed by atoms with Crippen molar-refractivity contribution in [3.8, 4) is 0 Å². The van der Waals surface area contributed by atoms with Crippen molar-refractivity contribution in [3.63, 3.8) is 0 Å². The summed E-state index contributed by atoms with van der Waals surface area (Å²) >= 11 is 0. The minimum absolute atomic E-state index is 0.00374. The molecule has 0 aliphatic heterocycles. The van der Waals surface area contributed by atoms with Crippen molar-refractivity contribution in [1.29, 1.82) is 0 Å². The lowest BCUT2D eigenvalue weighted by molar-refractivity contribution is -0.139. The van der Waals surface area contributed by atoms with E-state index in [1.807, 2.05) is 0 Å². The van der Waals surface area contributed by atoms with Crippen molar-refractivity contribution in [2.24, 2.45) is 5.41 Å². The van der Waals surface area contributed by atoms with Gasteiger partial charge in [-0.2, -0.15) is 0 Å². The van der Waals surface area contributed by atoms with E-state index in [1.54, 1.807) is 13.8 Å². The summed E-state index contributed by atoms with van der Waals surface area (Å²) in [6.45, 7) is 3.18. The van der Waals surface area contributed by atoms with Crippen LogP contribution in [0.1, 0.15) is 32.3 Å². The van der Waals surface area contributed by atoms with E-state index >= 15 is 0 Å². The molecule has 0 unspecified atom stereocenters. The van der Waals surface area contributed by atoms with E-state index in [1.165, 1.54) is 0 Å². The number of aliphatic carboxylic acids is 1. The Morgan fingerprint density at radius 3 is 2.50 bits per heavy atom. The average Bonchev–Trinajstić information content (AvgIpc) is 2.27. The normalized spacial score (nSPS) is 11.2. The highest BCUT2D eigenvalue weighted by Crippen LogP contribution is 2.24.